The first-order valence-corrected chi connectivity index (χ1v) is 4.96. The predicted molar refractivity (Wildman–Crippen MR) is 56.0 cm³/mol. The van der Waals surface area contributed by atoms with Crippen molar-refractivity contribution in [3.63, 3.8) is 0 Å². The van der Waals surface area contributed by atoms with Crippen molar-refractivity contribution in [2.24, 2.45) is 0 Å². The van der Waals surface area contributed by atoms with Crippen molar-refractivity contribution in [1.82, 2.24) is 0 Å². The number of ether oxygens (including phenoxy) is 2. The lowest BCUT2D eigenvalue weighted by molar-refractivity contribution is -0.158. The number of carbonyl (C=O) groups is 1. The molecule has 0 radical (unpaired) electrons. The highest BCUT2D eigenvalue weighted by molar-refractivity contribution is 9.10. The molecule has 1 atom stereocenters. The van der Waals surface area contributed by atoms with Crippen LogP contribution in [0, 0.1) is 0 Å². The zero-order valence-corrected chi connectivity index (χ0v) is 9.58. The summed E-state index contributed by atoms with van der Waals surface area (Å²) in [4.78, 5) is 10.6. The molecule has 1 rings (SSSR count). The minimum absolute atomic E-state index is 0.354. The van der Waals surface area contributed by atoms with E-state index in [-0.39, 0.29) is 5.97 Å². The van der Waals surface area contributed by atoms with Gasteiger partial charge in [0.05, 0.1) is 0 Å². The molecule has 0 aliphatic heterocycles. The highest BCUT2D eigenvalue weighted by atomic mass is 79.9. The van der Waals surface area contributed by atoms with Gasteiger partial charge in [-0.3, -0.25) is 4.79 Å². The highest BCUT2D eigenvalue weighted by Gasteiger charge is 2.06. The maximum Gasteiger partial charge on any atom is 0.305 e. The summed E-state index contributed by atoms with van der Waals surface area (Å²) in [5, 5.41) is 0. The van der Waals surface area contributed by atoms with E-state index in [1.807, 2.05) is 12.1 Å². The molecule has 0 aromatic heterocycles. The van der Waals surface area contributed by atoms with Crippen molar-refractivity contribution < 1.29 is 14.3 Å². The van der Waals surface area contributed by atoms with Gasteiger partial charge in [0, 0.05) is 18.3 Å². The summed E-state index contributed by atoms with van der Waals surface area (Å²) in [6, 6.07) is 7.34. The summed E-state index contributed by atoms with van der Waals surface area (Å²) in [7, 11) is 0. The van der Waals surface area contributed by atoms with Crippen LogP contribution >= 0.6 is 15.9 Å². The Balaban J connectivity index is 2.55. The summed E-state index contributed by atoms with van der Waals surface area (Å²) in [6.45, 7) is 3.02. The maximum atomic E-state index is 10.6. The largest absolute Gasteiger partial charge is 0.455 e. The van der Waals surface area contributed by atoms with Crippen LogP contribution in [0.3, 0.4) is 0 Å². The minimum atomic E-state index is -0.568. The first kappa shape index (κ1) is 11.0. The molecule has 0 spiro atoms. The first-order valence-electron chi connectivity index (χ1n) is 4.17. The SMILES string of the molecule is CC(=O)OC(C)Oc1cccc(Br)c1. The van der Waals surface area contributed by atoms with Crippen molar-refractivity contribution in [2.45, 2.75) is 20.1 Å². The van der Waals surface area contributed by atoms with Crippen LogP contribution in [0.2, 0.25) is 0 Å². The minimum Gasteiger partial charge on any atom is -0.455 e. The molecule has 0 saturated carbocycles. The molecule has 0 N–H and O–H groups in total. The molecule has 1 aromatic carbocycles. The molecule has 0 aliphatic carbocycles. The summed E-state index contributed by atoms with van der Waals surface area (Å²) in [6.07, 6.45) is -0.568. The molecule has 4 heteroatoms. The van der Waals surface area contributed by atoms with Crippen molar-refractivity contribution in [1.29, 1.82) is 0 Å². The van der Waals surface area contributed by atoms with E-state index < -0.39 is 6.29 Å². The Bertz CT molecular complexity index is 325. The summed E-state index contributed by atoms with van der Waals surface area (Å²) >= 11 is 3.32. The van der Waals surface area contributed by atoms with Gasteiger partial charge in [0.25, 0.3) is 0 Å². The van der Waals surface area contributed by atoms with Crippen LogP contribution in [0.1, 0.15) is 13.8 Å². The van der Waals surface area contributed by atoms with Gasteiger partial charge < -0.3 is 9.47 Å². The Morgan fingerprint density at radius 2 is 2.21 bits per heavy atom. The van der Waals surface area contributed by atoms with Crippen molar-refractivity contribution in [3.8, 4) is 5.75 Å². The van der Waals surface area contributed by atoms with E-state index in [2.05, 4.69) is 15.9 Å². The molecule has 76 valence electrons. The molecule has 0 saturated heterocycles. The second kappa shape index (κ2) is 5.00. The summed E-state index contributed by atoms with van der Waals surface area (Å²) in [5.74, 6) is 0.306. The van der Waals surface area contributed by atoms with Crippen molar-refractivity contribution >= 4 is 21.9 Å². The summed E-state index contributed by atoms with van der Waals surface area (Å²) < 4.78 is 11.1. The molecule has 0 fully saturated rings. The van der Waals surface area contributed by atoms with Gasteiger partial charge in [0.1, 0.15) is 5.75 Å². The Labute approximate surface area is 91.1 Å². The smallest absolute Gasteiger partial charge is 0.305 e. The van der Waals surface area contributed by atoms with Crippen LogP contribution in [-0.4, -0.2) is 12.3 Å². The normalized spacial score (nSPS) is 11.9. The lowest BCUT2D eigenvalue weighted by Gasteiger charge is -2.14. The fourth-order valence-corrected chi connectivity index (χ4v) is 1.37. The number of hydrogen-bond acceptors (Lipinski definition) is 3. The zero-order chi connectivity index (χ0) is 10.6. The van der Waals surface area contributed by atoms with Gasteiger partial charge in [-0.25, -0.2) is 0 Å². The zero-order valence-electron chi connectivity index (χ0n) is 7.99. The molecular formula is C10H11BrO3. The van der Waals surface area contributed by atoms with Crippen LogP contribution in [0.4, 0.5) is 0 Å². The second-order valence-electron chi connectivity index (χ2n) is 2.75. The molecule has 1 aromatic rings. The van der Waals surface area contributed by atoms with E-state index in [0.29, 0.717) is 5.75 Å². The highest BCUT2D eigenvalue weighted by Crippen LogP contribution is 2.18. The fourth-order valence-electron chi connectivity index (χ4n) is 0.990. The number of benzene rings is 1. The third-order valence-electron chi connectivity index (χ3n) is 1.43. The Morgan fingerprint density at radius 1 is 1.50 bits per heavy atom. The average Bonchev–Trinajstić information content (AvgIpc) is 2.01. The molecular weight excluding hydrogens is 248 g/mol. The molecule has 0 heterocycles. The van der Waals surface area contributed by atoms with Crippen molar-refractivity contribution in [3.05, 3.63) is 28.7 Å². The van der Waals surface area contributed by atoms with E-state index in [4.69, 9.17) is 9.47 Å². The van der Waals surface area contributed by atoms with E-state index in [9.17, 15) is 4.79 Å². The predicted octanol–water partition coefficient (Wildman–Crippen LogP) is 2.74. The third kappa shape index (κ3) is 3.79. The van der Waals surface area contributed by atoms with Crippen LogP contribution in [0.25, 0.3) is 0 Å². The Kier molecular flexibility index (Phi) is 3.95. The molecule has 3 nitrogen and oxygen atoms in total. The number of esters is 1. The van der Waals surface area contributed by atoms with Crippen molar-refractivity contribution in [2.75, 3.05) is 0 Å². The van der Waals surface area contributed by atoms with E-state index in [0.717, 1.165) is 4.47 Å². The molecule has 14 heavy (non-hydrogen) atoms. The van der Waals surface area contributed by atoms with Gasteiger partial charge in [0.2, 0.25) is 6.29 Å². The molecule has 1 unspecified atom stereocenters. The summed E-state index contributed by atoms with van der Waals surface area (Å²) in [5.41, 5.74) is 0. The van der Waals surface area contributed by atoms with Gasteiger partial charge in [0.15, 0.2) is 0 Å². The number of halogens is 1. The quantitative estimate of drug-likeness (QED) is 0.618. The van der Waals surface area contributed by atoms with Crippen LogP contribution in [-0.2, 0) is 9.53 Å². The third-order valence-corrected chi connectivity index (χ3v) is 1.92. The fraction of sp³-hybridized carbons (Fsp3) is 0.300. The lowest BCUT2D eigenvalue weighted by Crippen LogP contribution is -2.18. The molecule has 0 amide bonds. The topological polar surface area (TPSA) is 35.5 Å². The maximum absolute atomic E-state index is 10.6. The van der Waals surface area contributed by atoms with Crippen LogP contribution in [0.15, 0.2) is 28.7 Å². The second-order valence-corrected chi connectivity index (χ2v) is 3.67. The standard InChI is InChI=1S/C10H11BrO3/c1-7(12)13-8(2)14-10-5-3-4-9(11)6-10/h3-6,8H,1-2H3. The van der Waals surface area contributed by atoms with Gasteiger partial charge in [-0.15, -0.1) is 0 Å². The molecule has 0 aliphatic rings. The van der Waals surface area contributed by atoms with E-state index in [1.165, 1.54) is 6.92 Å². The van der Waals surface area contributed by atoms with Gasteiger partial charge >= 0.3 is 5.97 Å². The molecule has 0 bridgehead atoms. The first-order chi connectivity index (χ1) is 6.58. The average molecular weight is 259 g/mol. The monoisotopic (exact) mass is 258 g/mol. The Morgan fingerprint density at radius 3 is 2.79 bits per heavy atom. The van der Waals surface area contributed by atoms with Gasteiger partial charge in [-0.2, -0.15) is 0 Å². The van der Waals surface area contributed by atoms with Gasteiger partial charge in [-0.1, -0.05) is 22.0 Å². The number of rotatable bonds is 3. The Hall–Kier alpha value is -1.03. The van der Waals surface area contributed by atoms with Crippen LogP contribution in [0.5, 0.6) is 5.75 Å². The number of carbonyl (C=O) groups excluding carboxylic acids is 1. The lowest BCUT2D eigenvalue weighted by atomic mass is 10.3. The van der Waals surface area contributed by atoms with Gasteiger partial charge in [-0.05, 0) is 18.2 Å². The number of hydrogen-bond donors (Lipinski definition) is 0. The van der Waals surface area contributed by atoms with E-state index >= 15 is 0 Å². The van der Waals surface area contributed by atoms with E-state index in [1.54, 1.807) is 19.1 Å². The van der Waals surface area contributed by atoms with Crippen LogP contribution < -0.4 is 4.74 Å².